The van der Waals surface area contributed by atoms with Gasteiger partial charge in [0, 0.05) is 33.6 Å². The van der Waals surface area contributed by atoms with Crippen LogP contribution in [-0.4, -0.2) is 28.3 Å². The Balaban J connectivity index is 1.48. The van der Waals surface area contributed by atoms with Crippen molar-refractivity contribution in [1.29, 1.82) is 0 Å². The third kappa shape index (κ3) is 4.49. The lowest BCUT2D eigenvalue weighted by molar-refractivity contribution is -0.387. The number of aromatic amines is 1. The zero-order valence-electron chi connectivity index (χ0n) is 16.1. The fourth-order valence-electron chi connectivity index (χ4n) is 3.08. The monoisotopic (exact) mass is 432 g/mol. The van der Waals surface area contributed by atoms with Crippen molar-refractivity contribution in [1.82, 2.24) is 4.98 Å². The molecule has 1 heterocycles. The summed E-state index contributed by atoms with van der Waals surface area (Å²) in [5.41, 5.74) is 1.03. The molecule has 0 spiro atoms. The van der Waals surface area contributed by atoms with Crippen LogP contribution in [0.2, 0.25) is 0 Å². The van der Waals surface area contributed by atoms with Crippen LogP contribution in [0.15, 0.2) is 88.8 Å². The molecule has 31 heavy (non-hydrogen) atoms. The van der Waals surface area contributed by atoms with Crippen LogP contribution >= 0.6 is 11.8 Å². The lowest BCUT2D eigenvalue weighted by atomic mass is 10.1. The van der Waals surface area contributed by atoms with E-state index in [0.29, 0.717) is 10.5 Å². The van der Waals surface area contributed by atoms with Crippen LogP contribution in [0.3, 0.4) is 0 Å². The summed E-state index contributed by atoms with van der Waals surface area (Å²) in [6, 6.07) is 20.6. The number of H-pyrrole nitrogens is 1. The second kappa shape index (κ2) is 8.85. The van der Waals surface area contributed by atoms with Crippen LogP contribution in [-0.2, 0) is 4.74 Å². The lowest BCUT2D eigenvalue weighted by Gasteiger charge is -2.07. The van der Waals surface area contributed by atoms with Crippen molar-refractivity contribution < 1.29 is 19.2 Å². The molecule has 4 rings (SSSR count). The molecule has 8 heteroatoms. The minimum absolute atomic E-state index is 0.0100. The minimum atomic E-state index is -0.799. The Morgan fingerprint density at radius 3 is 2.52 bits per heavy atom. The number of hydrogen-bond donors (Lipinski definition) is 1. The highest BCUT2D eigenvalue weighted by atomic mass is 32.2. The first-order valence-corrected chi connectivity index (χ1v) is 10.1. The van der Waals surface area contributed by atoms with Crippen LogP contribution in [0.1, 0.15) is 20.7 Å². The molecule has 4 aromatic rings. The number of hydrogen-bond acceptors (Lipinski definition) is 6. The highest BCUT2D eigenvalue weighted by molar-refractivity contribution is 7.99. The molecule has 0 bridgehead atoms. The maximum Gasteiger partial charge on any atom is 0.338 e. The number of nitro benzene ring substituents is 1. The average molecular weight is 432 g/mol. The van der Waals surface area contributed by atoms with Gasteiger partial charge in [-0.25, -0.2) is 4.79 Å². The summed E-state index contributed by atoms with van der Waals surface area (Å²) in [5, 5.41) is 12.3. The zero-order chi connectivity index (χ0) is 21.8. The Morgan fingerprint density at radius 1 is 1.00 bits per heavy atom. The number of nitrogens with zero attached hydrogens (tertiary/aromatic N) is 1. The number of ketones is 1. The van der Waals surface area contributed by atoms with Gasteiger partial charge in [0.1, 0.15) is 0 Å². The Hall–Kier alpha value is -3.91. The van der Waals surface area contributed by atoms with E-state index in [0.717, 1.165) is 15.8 Å². The highest BCUT2D eigenvalue weighted by Crippen LogP contribution is 2.35. The first-order valence-electron chi connectivity index (χ1n) is 9.31. The standard InChI is InChI=1S/C23H16N2O5S/c26-21(18-13-24-19-9-5-4-8-17(18)19)14-30-23(27)15-10-11-22(20(12-15)25(28)29)31-16-6-2-1-3-7-16/h1-13,24H,14H2. The van der Waals surface area contributed by atoms with Crippen molar-refractivity contribution in [2.45, 2.75) is 9.79 Å². The summed E-state index contributed by atoms with van der Waals surface area (Å²) in [7, 11) is 0. The van der Waals surface area contributed by atoms with Crippen LogP contribution in [0.5, 0.6) is 0 Å². The third-order valence-corrected chi connectivity index (χ3v) is 5.66. The molecule has 154 valence electrons. The van der Waals surface area contributed by atoms with Gasteiger partial charge in [-0.1, -0.05) is 48.2 Å². The van der Waals surface area contributed by atoms with E-state index < -0.39 is 17.5 Å². The average Bonchev–Trinajstić information content (AvgIpc) is 3.22. The quantitative estimate of drug-likeness (QED) is 0.185. The Labute approximate surface area is 181 Å². The number of para-hydroxylation sites is 1. The van der Waals surface area contributed by atoms with Gasteiger partial charge >= 0.3 is 5.97 Å². The van der Waals surface area contributed by atoms with Crippen molar-refractivity contribution in [2.75, 3.05) is 6.61 Å². The Bertz CT molecular complexity index is 1280. The topological polar surface area (TPSA) is 102 Å². The molecule has 0 fully saturated rings. The fraction of sp³-hybridized carbons (Fsp3) is 0.0435. The first-order chi connectivity index (χ1) is 15.0. The first kappa shape index (κ1) is 20.4. The number of esters is 1. The van der Waals surface area contributed by atoms with Crippen molar-refractivity contribution >= 4 is 40.1 Å². The van der Waals surface area contributed by atoms with Crippen molar-refractivity contribution in [3.05, 3.63) is 100 Å². The van der Waals surface area contributed by atoms with E-state index in [-0.39, 0.29) is 17.0 Å². The molecule has 0 saturated heterocycles. The van der Waals surface area contributed by atoms with Crippen LogP contribution in [0.4, 0.5) is 5.69 Å². The molecular weight excluding hydrogens is 416 g/mol. The third-order valence-electron chi connectivity index (χ3n) is 4.59. The largest absolute Gasteiger partial charge is 0.454 e. The molecule has 0 radical (unpaired) electrons. The van der Waals surface area contributed by atoms with E-state index in [4.69, 9.17) is 4.74 Å². The summed E-state index contributed by atoms with van der Waals surface area (Å²) in [6.07, 6.45) is 1.57. The number of Topliss-reactive ketones (excluding diaryl/α,β-unsaturated/α-hetero) is 1. The molecule has 0 atom stereocenters. The number of rotatable bonds is 7. The summed E-state index contributed by atoms with van der Waals surface area (Å²) in [6.45, 7) is -0.463. The van der Waals surface area contributed by atoms with Crippen LogP contribution in [0.25, 0.3) is 10.9 Å². The number of fused-ring (bicyclic) bond motifs is 1. The molecule has 0 amide bonds. The minimum Gasteiger partial charge on any atom is -0.454 e. The molecule has 0 aliphatic rings. The van der Waals surface area contributed by atoms with E-state index in [1.165, 1.54) is 30.0 Å². The number of carbonyl (C=O) groups excluding carboxylic acids is 2. The lowest BCUT2D eigenvalue weighted by Crippen LogP contribution is -2.14. The number of benzene rings is 3. The van der Waals surface area contributed by atoms with Crippen LogP contribution < -0.4 is 0 Å². The van der Waals surface area contributed by atoms with Crippen molar-refractivity contribution in [3.8, 4) is 0 Å². The molecule has 3 aromatic carbocycles. The molecule has 1 aromatic heterocycles. The number of aromatic nitrogens is 1. The highest BCUT2D eigenvalue weighted by Gasteiger charge is 2.20. The summed E-state index contributed by atoms with van der Waals surface area (Å²) in [4.78, 5) is 40.1. The molecular formula is C23H16N2O5S. The summed E-state index contributed by atoms with van der Waals surface area (Å²) in [5.74, 6) is -1.16. The van der Waals surface area contributed by atoms with Gasteiger partial charge in [-0.15, -0.1) is 0 Å². The van der Waals surface area contributed by atoms with Gasteiger partial charge in [0.15, 0.2) is 6.61 Å². The predicted octanol–water partition coefficient (Wildman–Crippen LogP) is 5.27. The summed E-state index contributed by atoms with van der Waals surface area (Å²) >= 11 is 1.23. The van der Waals surface area contributed by atoms with E-state index in [1.807, 2.05) is 48.5 Å². The predicted molar refractivity (Wildman–Crippen MR) is 117 cm³/mol. The molecule has 0 aliphatic carbocycles. The Kier molecular flexibility index (Phi) is 5.81. The maximum atomic E-state index is 12.5. The van der Waals surface area contributed by atoms with Gasteiger partial charge < -0.3 is 9.72 Å². The van der Waals surface area contributed by atoms with Crippen LogP contribution in [0, 0.1) is 10.1 Å². The number of carbonyl (C=O) groups is 2. The van der Waals surface area contributed by atoms with Gasteiger partial charge in [-0.05, 0) is 30.3 Å². The van der Waals surface area contributed by atoms with Gasteiger partial charge in [0.2, 0.25) is 5.78 Å². The smallest absolute Gasteiger partial charge is 0.338 e. The van der Waals surface area contributed by atoms with Crippen molar-refractivity contribution in [3.63, 3.8) is 0 Å². The van der Waals surface area contributed by atoms with E-state index >= 15 is 0 Å². The van der Waals surface area contributed by atoms with Gasteiger partial charge in [-0.3, -0.25) is 14.9 Å². The van der Waals surface area contributed by atoms with E-state index in [1.54, 1.807) is 12.3 Å². The second-order valence-corrected chi connectivity index (χ2v) is 7.72. The molecule has 0 saturated carbocycles. The molecule has 0 aliphatic heterocycles. The van der Waals surface area contributed by atoms with E-state index in [2.05, 4.69) is 4.98 Å². The molecule has 1 N–H and O–H groups in total. The molecule has 7 nitrogen and oxygen atoms in total. The SMILES string of the molecule is O=C(OCC(=O)c1c[nH]c2ccccc12)c1ccc(Sc2ccccc2)c([N+](=O)[O-])c1. The van der Waals surface area contributed by atoms with Crippen molar-refractivity contribution in [2.24, 2.45) is 0 Å². The zero-order valence-corrected chi connectivity index (χ0v) is 16.9. The van der Waals surface area contributed by atoms with Gasteiger partial charge in [0.05, 0.1) is 15.4 Å². The van der Waals surface area contributed by atoms with E-state index in [9.17, 15) is 19.7 Å². The fourth-order valence-corrected chi connectivity index (χ4v) is 4.00. The summed E-state index contributed by atoms with van der Waals surface area (Å²) < 4.78 is 5.12. The number of nitro groups is 1. The number of ether oxygens (including phenoxy) is 1. The molecule has 0 unspecified atom stereocenters. The normalized spacial score (nSPS) is 10.7. The second-order valence-electron chi connectivity index (χ2n) is 6.60. The van der Waals surface area contributed by atoms with Gasteiger partial charge in [-0.2, -0.15) is 0 Å². The maximum absolute atomic E-state index is 12.5. The number of nitrogens with one attached hydrogen (secondary N) is 1. The van der Waals surface area contributed by atoms with Gasteiger partial charge in [0.25, 0.3) is 5.69 Å². The Morgan fingerprint density at radius 2 is 1.74 bits per heavy atom.